The summed E-state index contributed by atoms with van der Waals surface area (Å²) in [7, 11) is 0. The van der Waals surface area contributed by atoms with Crippen molar-refractivity contribution >= 4 is 0 Å². The topological polar surface area (TPSA) is 12.0 Å². The van der Waals surface area contributed by atoms with Gasteiger partial charge in [-0.2, -0.15) is 0 Å². The van der Waals surface area contributed by atoms with E-state index in [9.17, 15) is 0 Å². The second-order valence-corrected chi connectivity index (χ2v) is 6.25. The molecule has 1 saturated carbocycles. The fraction of sp³-hybridized carbons (Fsp3) is 0.667. The summed E-state index contributed by atoms with van der Waals surface area (Å²) in [4.78, 5) is 0. The minimum atomic E-state index is 0.810. The van der Waals surface area contributed by atoms with E-state index in [2.05, 4.69) is 43.4 Å². The molecular formula is C18H29N. The molecule has 2 rings (SSSR count). The van der Waals surface area contributed by atoms with E-state index in [1.165, 1.54) is 56.2 Å². The molecule has 0 aliphatic heterocycles. The van der Waals surface area contributed by atoms with Gasteiger partial charge in [0.2, 0.25) is 0 Å². The van der Waals surface area contributed by atoms with Gasteiger partial charge in [0.25, 0.3) is 0 Å². The highest BCUT2D eigenvalue weighted by molar-refractivity contribution is 5.22. The molecule has 0 heterocycles. The Labute approximate surface area is 118 Å². The molecule has 1 heteroatoms. The number of hydrogen-bond acceptors (Lipinski definition) is 1. The highest BCUT2D eigenvalue weighted by Gasteiger charge is 2.20. The predicted octanol–water partition coefficient (Wildman–Crippen LogP) is 4.34. The molecule has 0 radical (unpaired) electrons. The first kappa shape index (κ1) is 14.6. The van der Waals surface area contributed by atoms with E-state index in [4.69, 9.17) is 0 Å². The van der Waals surface area contributed by atoms with Crippen LogP contribution in [0.1, 0.15) is 50.2 Å². The molecule has 1 atom stereocenters. The lowest BCUT2D eigenvalue weighted by molar-refractivity contribution is 0.359. The van der Waals surface area contributed by atoms with Gasteiger partial charge in [-0.1, -0.05) is 62.4 Å². The highest BCUT2D eigenvalue weighted by Crippen LogP contribution is 2.31. The van der Waals surface area contributed by atoms with Crippen molar-refractivity contribution in [2.24, 2.45) is 11.8 Å². The normalized spacial score (nSPS) is 17.8. The van der Waals surface area contributed by atoms with Gasteiger partial charge in [-0.05, 0) is 50.3 Å². The second kappa shape index (κ2) is 7.69. The van der Waals surface area contributed by atoms with E-state index in [0.717, 1.165) is 18.4 Å². The van der Waals surface area contributed by atoms with Crippen LogP contribution in [0.3, 0.4) is 0 Å². The van der Waals surface area contributed by atoms with Crippen molar-refractivity contribution in [2.75, 3.05) is 13.1 Å². The Bertz CT molecular complexity index is 366. The summed E-state index contributed by atoms with van der Waals surface area (Å²) in [6.45, 7) is 6.68. The zero-order valence-corrected chi connectivity index (χ0v) is 12.6. The van der Waals surface area contributed by atoms with E-state index in [0.29, 0.717) is 0 Å². The van der Waals surface area contributed by atoms with Crippen molar-refractivity contribution in [1.82, 2.24) is 5.32 Å². The van der Waals surface area contributed by atoms with E-state index >= 15 is 0 Å². The molecule has 1 fully saturated rings. The number of aryl methyl sites for hydroxylation is 1. The van der Waals surface area contributed by atoms with Crippen LogP contribution in [0.5, 0.6) is 0 Å². The smallest absolute Gasteiger partial charge is 0.00173 e. The summed E-state index contributed by atoms with van der Waals surface area (Å²) in [6, 6.07) is 9.04. The Morgan fingerprint density at radius 1 is 1.26 bits per heavy atom. The summed E-state index contributed by atoms with van der Waals surface area (Å²) >= 11 is 0. The van der Waals surface area contributed by atoms with Crippen LogP contribution in [0.15, 0.2) is 24.3 Å². The molecule has 1 aromatic rings. The van der Waals surface area contributed by atoms with Crippen LogP contribution >= 0.6 is 0 Å². The van der Waals surface area contributed by atoms with Crippen LogP contribution in [-0.2, 0) is 6.42 Å². The molecule has 1 aliphatic rings. The zero-order valence-electron chi connectivity index (χ0n) is 12.6. The number of nitrogens with one attached hydrogen (secondary N) is 1. The molecule has 0 aromatic heterocycles. The van der Waals surface area contributed by atoms with E-state index in [-0.39, 0.29) is 0 Å². The van der Waals surface area contributed by atoms with Crippen molar-refractivity contribution in [3.8, 4) is 0 Å². The van der Waals surface area contributed by atoms with Crippen molar-refractivity contribution in [2.45, 2.75) is 52.4 Å². The summed E-state index contributed by atoms with van der Waals surface area (Å²) in [5, 5.41) is 3.56. The summed E-state index contributed by atoms with van der Waals surface area (Å²) in [5.41, 5.74) is 2.90. The van der Waals surface area contributed by atoms with Crippen molar-refractivity contribution < 1.29 is 0 Å². The fourth-order valence-electron chi connectivity index (χ4n) is 3.48. The average molecular weight is 259 g/mol. The van der Waals surface area contributed by atoms with Crippen LogP contribution in [0.2, 0.25) is 0 Å². The van der Waals surface area contributed by atoms with Gasteiger partial charge in [0.1, 0.15) is 0 Å². The fourth-order valence-corrected chi connectivity index (χ4v) is 3.48. The molecule has 106 valence electrons. The third-order valence-corrected chi connectivity index (χ3v) is 4.43. The average Bonchev–Trinajstić information content (AvgIpc) is 2.89. The van der Waals surface area contributed by atoms with Crippen LogP contribution in [0.4, 0.5) is 0 Å². The lowest BCUT2D eigenvalue weighted by atomic mass is 9.88. The van der Waals surface area contributed by atoms with Gasteiger partial charge in [0.15, 0.2) is 0 Å². The van der Waals surface area contributed by atoms with Gasteiger partial charge < -0.3 is 5.32 Å². The lowest BCUT2D eigenvalue weighted by Crippen LogP contribution is -2.25. The zero-order chi connectivity index (χ0) is 13.5. The summed E-state index contributed by atoms with van der Waals surface area (Å²) < 4.78 is 0. The largest absolute Gasteiger partial charge is 0.317 e. The van der Waals surface area contributed by atoms with E-state index in [1.807, 2.05) is 0 Å². The Balaban J connectivity index is 1.92. The first-order chi connectivity index (χ1) is 9.28. The van der Waals surface area contributed by atoms with Gasteiger partial charge in [-0.15, -0.1) is 0 Å². The maximum atomic E-state index is 3.56. The standard InChI is InChI=1S/C18H29N/c1-3-19-14-18(12-16-8-4-5-9-16)13-17-10-6-7-15(2)11-17/h6-7,10-11,16,18-19H,3-5,8-9,12-14H2,1-2H3. The highest BCUT2D eigenvalue weighted by atomic mass is 14.8. The van der Waals surface area contributed by atoms with Gasteiger partial charge in [0, 0.05) is 0 Å². The second-order valence-electron chi connectivity index (χ2n) is 6.25. The SMILES string of the molecule is CCNCC(Cc1cccc(C)c1)CC1CCCC1. The molecule has 1 aromatic carbocycles. The summed E-state index contributed by atoms with van der Waals surface area (Å²) in [5.74, 6) is 1.80. The third kappa shape index (κ3) is 4.99. The molecule has 19 heavy (non-hydrogen) atoms. The quantitative estimate of drug-likeness (QED) is 0.768. The first-order valence-corrected chi connectivity index (χ1v) is 8.04. The van der Waals surface area contributed by atoms with Gasteiger partial charge in [-0.25, -0.2) is 0 Å². The number of benzene rings is 1. The Kier molecular flexibility index (Phi) is 5.91. The van der Waals surface area contributed by atoms with Crippen LogP contribution < -0.4 is 5.32 Å². The van der Waals surface area contributed by atoms with Gasteiger partial charge in [-0.3, -0.25) is 0 Å². The molecule has 1 N–H and O–H groups in total. The molecule has 0 amide bonds. The monoisotopic (exact) mass is 259 g/mol. The Hall–Kier alpha value is -0.820. The molecule has 0 saturated heterocycles. The molecule has 0 bridgehead atoms. The predicted molar refractivity (Wildman–Crippen MR) is 83.5 cm³/mol. The first-order valence-electron chi connectivity index (χ1n) is 8.04. The lowest BCUT2D eigenvalue weighted by Gasteiger charge is -2.21. The van der Waals surface area contributed by atoms with Gasteiger partial charge in [0.05, 0.1) is 0 Å². The van der Waals surface area contributed by atoms with Crippen molar-refractivity contribution in [1.29, 1.82) is 0 Å². The van der Waals surface area contributed by atoms with Crippen LogP contribution in [-0.4, -0.2) is 13.1 Å². The van der Waals surface area contributed by atoms with Crippen LogP contribution in [0, 0.1) is 18.8 Å². The minimum absolute atomic E-state index is 0.810. The van der Waals surface area contributed by atoms with Crippen LogP contribution in [0.25, 0.3) is 0 Å². The van der Waals surface area contributed by atoms with E-state index in [1.54, 1.807) is 0 Å². The molecule has 0 spiro atoms. The maximum Gasteiger partial charge on any atom is -0.00173 e. The molecular weight excluding hydrogens is 230 g/mol. The molecule has 1 aliphatic carbocycles. The summed E-state index contributed by atoms with van der Waals surface area (Å²) in [6.07, 6.45) is 8.52. The maximum absolute atomic E-state index is 3.56. The van der Waals surface area contributed by atoms with E-state index < -0.39 is 0 Å². The minimum Gasteiger partial charge on any atom is -0.317 e. The number of rotatable bonds is 7. The molecule has 1 nitrogen and oxygen atoms in total. The third-order valence-electron chi connectivity index (χ3n) is 4.43. The van der Waals surface area contributed by atoms with Gasteiger partial charge >= 0.3 is 0 Å². The Morgan fingerprint density at radius 3 is 2.74 bits per heavy atom. The molecule has 1 unspecified atom stereocenters. The van der Waals surface area contributed by atoms with Crippen molar-refractivity contribution in [3.63, 3.8) is 0 Å². The Morgan fingerprint density at radius 2 is 2.05 bits per heavy atom. The van der Waals surface area contributed by atoms with Crippen molar-refractivity contribution in [3.05, 3.63) is 35.4 Å². The number of hydrogen-bond donors (Lipinski definition) is 1.